The number of rotatable bonds is 2. The maximum Gasteiger partial charge on any atom is 0.311 e. The summed E-state index contributed by atoms with van der Waals surface area (Å²) in [7, 11) is 0. The van der Waals surface area contributed by atoms with Crippen LogP contribution >= 0.6 is 12.4 Å². The molecule has 1 aromatic carbocycles. The molecule has 0 heterocycles. The van der Waals surface area contributed by atoms with Crippen LogP contribution in [0, 0.1) is 10.1 Å². The first-order chi connectivity index (χ1) is 5.65. The third-order valence-corrected chi connectivity index (χ3v) is 1.47. The third-order valence-electron chi connectivity index (χ3n) is 1.47. The molecule has 0 aliphatic carbocycles. The highest BCUT2D eigenvalue weighted by atomic mass is 35.5. The first kappa shape index (κ1) is 11.7. The van der Waals surface area contributed by atoms with Crippen molar-refractivity contribution in [2.24, 2.45) is 5.73 Å². The smallest absolute Gasteiger partial charge is 0.311 e. The molecule has 0 aliphatic rings. The molecule has 0 atom stereocenters. The second-order valence-corrected chi connectivity index (χ2v) is 2.28. The molecule has 5 nitrogen and oxygen atoms in total. The van der Waals surface area contributed by atoms with E-state index in [1.807, 2.05) is 0 Å². The van der Waals surface area contributed by atoms with Crippen LogP contribution in [0.2, 0.25) is 0 Å². The van der Waals surface area contributed by atoms with Crippen molar-refractivity contribution in [3.8, 4) is 5.75 Å². The Morgan fingerprint density at radius 1 is 1.54 bits per heavy atom. The van der Waals surface area contributed by atoms with Gasteiger partial charge in [0, 0.05) is 12.6 Å². The zero-order valence-corrected chi connectivity index (χ0v) is 7.45. The fraction of sp³-hybridized carbons (Fsp3) is 0.143. The van der Waals surface area contributed by atoms with Crippen LogP contribution in [0.5, 0.6) is 5.75 Å². The lowest BCUT2D eigenvalue weighted by molar-refractivity contribution is -0.385. The summed E-state index contributed by atoms with van der Waals surface area (Å²) in [5.41, 5.74) is 5.58. The van der Waals surface area contributed by atoms with E-state index in [9.17, 15) is 10.1 Å². The number of halogens is 1. The lowest BCUT2D eigenvalue weighted by Gasteiger charge is -1.98. The van der Waals surface area contributed by atoms with E-state index in [2.05, 4.69) is 0 Å². The van der Waals surface area contributed by atoms with Crippen LogP contribution in [0.4, 0.5) is 5.69 Å². The van der Waals surface area contributed by atoms with Crippen molar-refractivity contribution in [2.75, 3.05) is 0 Å². The zero-order chi connectivity index (χ0) is 9.14. The predicted octanol–water partition coefficient (Wildman–Crippen LogP) is 1.18. The van der Waals surface area contributed by atoms with Crippen LogP contribution in [0.1, 0.15) is 5.56 Å². The molecule has 72 valence electrons. The van der Waals surface area contributed by atoms with E-state index in [4.69, 9.17) is 10.8 Å². The SMILES string of the molecule is Cl.NCc1ccc(O)c([N+](=O)[O-])c1. The van der Waals surface area contributed by atoms with Crippen LogP contribution < -0.4 is 5.73 Å². The summed E-state index contributed by atoms with van der Waals surface area (Å²) < 4.78 is 0. The van der Waals surface area contributed by atoms with Gasteiger partial charge in [0.15, 0.2) is 5.75 Å². The number of benzene rings is 1. The molecular formula is C7H9ClN2O3. The quantitative estimate of drug-likeness (QED) is 0.559. The predicted molar refractivity (Wildman–Crippen MR) is 49.9 cm³/mol. The average molecular weight is 205 g/mol. The van der Waals surface area contributed by atoms with E-state index in [1.165, 1.54) is 12.1 Å². The van der Waals surface area contributed by atoms with Gasteiger partial charge in [0.25, 0.3) is 0 Å². The minimum atomic E-state index is -0.644. The van der Waals surface area contributed by atoms with Crippen molar-refractivity contribution in [2.45, 2.75) is 6.54 Å². The lowest BCUT2D eigenvalue weighted by Crippen LogP contribution is -1.97. The summed E-state index contributed by atoms with van der Waals surface area (Å²) in [5.74, 6) is -0.336. The van der Waals surface area contributed by atoms with Gasteiger partial charge in [-0.1, -0.05) is 6.07 Å². The number of hydrogen-bond donors (Lipinski definition) is 2. The minimum Gasteiger partial charge on any atom is -0.502 e. The molecule has 0 saturated carbocycles. The van der Waals surface area contributed by atoms with E-state index in [-0.39, 0.29) is 30.4 Å². The van der Waals surface area contributed by atoms with Crippen LogP contribution in [-0.4, -0.2) is 10.0 Å². The molecule has 0 amide bonds. The van der Waals surface area contributed by atoms with Crippen LogP contribution in [-0.2, 0) is 6.54 Å². The molecule has 0 saturated heterocycles. The Morgan fingerprint density at radius 2 is 2.15 bits per heavy atom. The number of hydrogen-bond acceptors (Lipinski definition) is 4. The zero-order valence-electron chi connectivity index (χ0n) is 6.64. The van der Waals surface area contributed by atoms with E-state index in [0.29, 0.717) is 5.56 Å². The molecule has 0 radical (unpaired) electrons. The summed E-state index contributed by atoms with van der Waals surface area (Å²) in [6, 6.07) is 4.07. The largest absolute Gasteiger partial charge is 0.502 e. The number of phenols is 1. The van der Waals surface area contributed by atoms with Crippen molar-refractivity contribution in [1.29, 1.82) is 0 Å². The van der Waals surface area contributed by atoms with Crippen LogP contribution in [0.3, 0.4) is 0 Å². The van der Waals surface area contributed by atoms with Crippen LogP contribution in [0.15, 0.2) is 18.2 Å². The summed E-state index contributed by atoms with van der Waals surface area (Å²) in [6.07, 6.45) is 0. The Bertz CT molecular complexity index is 317. The van der Waals surface area contributed by atoms with Crippen molar-refractivity contribution < 1.29 is 10.0 Å². The maximum absolute atomic E-state index is 10.3. The average Bonchev–Trinajstić information content (AvgIpc) is 2.05. The van der Waals surface area contributed by atoms with Crippen molar-refractivity contribution in [3.63, 3.8) is 0 Å². The monoisotopic (exact) mass is 204 g/mol. The highest BCUT2D eigenvalue weighted by molar-refractivity contribution is 5.85. The van der Waals surface area contributed by atoms with E-state index < -0.39 is 4.92 Å². The Hall–Kier alpha value is -1.33. The van der Waals surface area contributed by atoms with Gasteiger partial charge in [-0.3, -0.25) is 10.1 Å². The molecule has 0 fully saturated rings. The molecule has 3 N–H and O–H groups in total. The lowest BCUT2D eigenvalue weighted by atomic mass is 10.2. The highest BCUT2D eigenvalue weighted by Crippen LogP contribution is 2.25. The van der Waals surface area contributed by atoms with Gasteiger partial charge < -0.3 is 10.8 Å². The number of nitrogens with zero attached hydrogens (tertiary/aromatic N) is 1. The highest BCUT2D eigenvalue weighted by Gasteiger charge is 2.12. The molecule has 0 aromatic heterocycles. The van der Waals surface area contributed by atoms with Gasteiger partial charge in [-0.25, -0.2) is 0 Å². The van der Waals surface area contributed by atoms with Gasteiger partial charge in [0.05, 0.1) is 4.92 Å². The van der Waals surface area contributed by atoms with Crippen molar-refractivity contribution in [3.05, 3.63) is 33.9 Å². The van der Waals surface area contributed by atoms with Gasteiger partial charge in [0.1, 0.15) is 0 Å². The van der Waals surface area contributed by atoms with Gasteiger partial charge in [-0.2, -0.15) is 0 Å². The molecular weight excluding hydrogens is 196 g/mol. The standard InChI is InChI=1S/C7H8N2O3.ClH/c8-4-5-1-2-7(10)6(3-5)9(11)12;/h1-3,10H,4,8H2;1H. The Kier molecular flexibility index (Phi) is 4.16. The molecule has 0 bridgehead atoms. The van der Waals surface area contributed by atoms with Gasteiger partial charge in [-0.15, -0.1) is 12.4 Å². The first-order valence-electron chi connectivity index (χ1n) is 3.31. The Morgan fingerprint density at radius 3 is 2.62 bits per heavy atom. The summed E-state index contributed by atoms with van der Waals surface area (Å²) in [4.78, 5) is 9.65. The Labute approximate surface area is 80.7 Å². The number of nitro benzene ring substituents is 1. The molecule has 0 spiro atoms. The van der Waals surface area contributed by atoms with E-state index >= 15 is 0 Å². The van der Waals surface area contributed by atoms with Gasteiger partial charge >= 0.3 is 5.69 Å². The fourth-order valence-corrected chi connectivity index (χ4v) is 0.842. The number of nitro groups is 1. The molecule has 1 rings (SSSR count). The summed E-state index contributed by atoms with van der Waals surface area (Å²) in [5, 5.41) is 19.3. The fourth-order valence-electron chi connectivity index (χ4n) is 0.842. The number of aromatic hydroxyl groups is 1. The van der Waals surface area contributed by atoms with E-state index in [0.717, 1.165) is 0 Å². The first-order valence-corrected chi connectivity index (χ1v) is 3.31. The topological polar surface area (TPSA) is 89.4 Å². The van der Waals surface area contributed by atoms with Gasteiger partial charge in [-0.05, 0) is 11.6 Å². The van der Waals surface area contributed by atoms with Crippen molar-refractivity contribution in [1.82, 2.24) is 0 Å². The molecule has 0 unspecified atom stereocenters. The molecule has 1 aromatic rings. The molecule has 0 aliphatic heterocycles. The normalized spacial score (nSPS) is 9.00. The van der Waals surface area contributed by atoms with Crippen LogP contribution in [0.25, 0.3) is 0 Å². The Balaban J connectivity index is 0.00000144. The number of phenolic OH excluding ortho intramolecular Hbond substituents is 1. The molecule has 13 heavy (non-hydrogen) atoms. The molecule has 6 heteroatoms. The number of nitrogens with two attached hydrogens (primary N) is 1. The second kappa shape index (κ2) is 4.64. The summed E-state index contributed by atoms with van der Waals surface area (Å²) >= 11 is 0. The second-order valence-electron chi connectivity index (χ2n) is 2.28. The summed E-state index contributed by atoms with van der Waals surface area (Å²) in [6.45, 7) is 0.223. The third kappa shape index (κ3) is 2.57. The van der Waals surface area contributed by atoms with E-state index in [1.54, 1.807) is 6.07 Å². The minimum absolute atomic E-state index is 0. The van der Waals surface area contributed by atoms with Crippen molar-refractivity contribution >= 4 is 18.1 Å². The van der Waals surface area contributed by atoms with Gasteiger partial charge in [0.2, 0.25) is 0 Å². The maximum atomic E-state index is 10.3.